The van der Waals surface area contributed by atoms with Gasteiger partial charge >= 0.3 is 18.4 Å². The molecule has 5 rings (SSSR count). The van der Waals surface area contributed by atoms with Crippen LogP contribution in [0, 0.1) is 0 Å². The second-order valence-electron chi connectivity index (χ2n) is 11.8. The molecule has 2 atom stereocenters. The molecule has 0 unspecified atom stereocenters. The van der Waals surface area contributed by atoms with E-state index in [0.717, 1.165) is 11.0 Å². The molecule has 3 aromatic rings. The van der Waals surface area contributed by atoms with Gasteiger partial charge in [-0.2, -0.15) is 31.4 Å². The highest BCUT2D eigenvalue weighted by molar-refractivity contribution is 8.18. The molecular weight excluding hydrogens is 645 g/mol. The topological polar surface area (TPSA) is 84.7 Å². The summed E-state index contributed by atoms with van der Waals surface area (Å²) in [6.45, 7) is 4.38. The van der Waals surface area contributed by atoms with Gasteiger partial charge in [-0.25, -0.2) is 9.18 Å². The van der Waals surface area contributed by atoms with Gasteiger partial charge in [0.05, 0.1) is 40.3 Å². The number of aromatic nitrogens is 2. The summed E-state index contributed by atoms with van der Waals surface area (Å²) in [5.74, 6) is -0.744. The van der Waals surface area contributed by atoms with E-state index in [1.165, 1.54) is 34.0 Å². The van der Waals surface area contributed by atoms with Gasteiger partial charge in [-0.3, -0.25) is 19.2 Å². The van der Waals surface area contributed by atoms with Crippen molar-refractivity contribution in [1.29, 1.82) is 0 Å². The number of carbonyl (C=O) groups is 3. The number of amides is 3. The fourth-order valence-electron chi connectivity index (χ4n) is 5.19. The number of likely N-dealkylation sites (tertiary alicyclic amines) is 1. The molecule has 46 heavy (non-hydrogen) atoms. The van der Waals surface area contributed by atoms with Crippen LogP contribution in [0.2, 0.25) is 0 Å². The number of hydrogen-bond donors (Lipinski definition) is 0. The summed E-state index contributed by atoms with van der Waals surface area (Å²) >= 11 is 0.601. The summed E-state index contributed by atoms with van der Waals surface area (Å²) in [6.07, 6.45) is -9.58. The molecular formula is C30H27F7N4O4S. The van der Waals surface area contributed by atoms with Gasteiger partial charge in [-0.1, -0.05) is 12.1 Å². The third kappa shape index (κ3) is 7.00. The Balaban J connectivity index is 1.36. The van der Waals surface area contributed by atoms with Gasteiger partial charge in [0.25, 0.3) is 11.1 Å². The van der Waals surface area contributed by atoms with Crippen molar-refractivity contribution < 1.29 is 49.9 Å². The lowest BCUT2D eigenvalue weighted by atomic mass is 10.0. The summed E-state index contributed by atoms with van der Waals surface area (Å²) in [4.78, 5) is 40.8. The molecule has 3 amide bonds. The van der Waals surface area contributed by atoms with E-state index in [2.05, 4.69) is 5.10 Å². The predicted molar refractivity (Wildman–Crippen MR) is 154 cm³/mol. The molecule has 8 nitrogen and oxygen atoms in total. The molecule has 2 aliphatic heterocycles. The average molecular weight is 673 g/mol. The quantitative estimate of drug-likeness (QED) is 0.211. The van der Waals surface area contributed by atoms with Crippen LogP contribution in [0.4, 0.5) is 40.3 Å². The molecule has 0 radical (unpaired) electrons. The zero-order valence-electron chi connectivity index (χ0n) is 24.6. The third-order valence-electron chi connectivity index (χ3n) is 7.33. The Morgan fingerprint density at radius 3 is 2.41 bits per heavy atom. The number of carbonyl (C=O) groups excluding carboxylic acids is 3. The largest absolute Gasteiger partial charge is 0.444 e. The van der Waals surface area contributed by atoms with Crippen molar-refractivity contribution in [2.45, 2.75) is 63.9 Å². The number of halogens is 7. The van der Waals surface area contributed by atoms with Gasteiger partial charge in [-0.15, -0.1) is 0 Å². The summed E-state index contributed by atoms with van der Waals surface area (Å²) in [6, 6.07) is 4.79. The van der Waals surface area contributed by atoms with Crippen LogP contribution in [0.5, 0.6) is 0 Å². The average Bonchev–Trinajstić information content (AvgIpc) is 3.45. The van der Waals surface area contributed by atoms with E-state index in [1.807, 2.05) is 0 Å². The minimum absolute atomic E-state index is 0.00194. The molecule has 16 heteroatoms. The van der Waals surface area contributed by atoms with E-state index in [0.29, 0.717) is 34.3 Å². The number of hydrogen-bond acceptors (Lipinski definition) is 6. The smallest absolute Gasteiger partial charge is 0.416 e. The molecule has 0 aliphatic carbocycles. The van der Waals surface area contributed by atoms with Gasteiger partial charge in [0.15, 0.2) is 0 Å². The molecule has 0 spiro atoms. The number of thioether (sulfide) groups is 1. The summed E-state index contributed by atoms with van der Waals surface area (Å²) in [5.41, 5.74) is -3.27. The molecule has 2 fully saturated rings. The van der Waals surface area contributed by atoms with Crippen molar-refractivity contribution in [3.63, 3.8) is 0 Å². The number of ether oxygens (including phenoxy) is 1. The molecule has 246 valence electrons. The fraction of sp³-hybridized carbons (Fsp3) is 0.400. The second-order valence-corrected chi connectivity index (χ2v) is 12.8. The maximum atomic E-state index is 15.0. The first-order chi connectivity index (χ1) is 21.3. The fourth-order valence-corrected chi connectivity index (χ4v) is 6.08. The van der Waals surface area contributed by atoms with Gasteiger partial charge in [0, 0.05) is 18.5 Å². The van der Waals surface area contributed by atoms with E-state index in [-0.39, 0.29) is 30.5 Å². The number of rotatable bonds is 4. The Labute approximate surface area is 262 Å². The van der Waals surface area contributed by atoms with Crippen LogP contribution in [0.25, 0.3) is 17.0 Å². The van der Waals surface area contributed by atoms with Crippen LogP contribution in [0.1, 0.15) is 49.4 Å². The van der Waals surface area contributed by atoms with Crippen molar-refractivity contribution >= 4 is 46.0 Å². The van der Waals surface area contributed by atoms with Gasteiger partial charge in [0.1, 0.15) is 11.8 Å². The normalized spacial score (nSPS) is 20.7. The van der Waals surface area contributed by atoms with Crippen molar-refractivity contribution in [2.75, 3.05) is 13.1 Å². The van der Waals surface area contributed by atoms with Crippen molar-refractivity contribution in [1.82, 2.24) is 19.6 Å². The Bertz CT molecular complexity index is 1730. The van der Waals surface area contributed by atoms with Crippen LogP contribution in [-0.2, 0) is 28.4 Å². The molecule has 0 N–H and O–H groups in total. The zero-order chi connectivity index (χ0) is 33.8. The number of piperidine rings is 1. The van der Waals surface area contributed by atoms with Crippen molar-refractivity contribution in [3.05, 3.63) is 69.8 Å². The summed E-state index contributed by atoms with van der Waals surface area (Å²) in [7, 11) is 0. The van der Waals surface area contributed by atoms with Gasteiger partial charge < -0.3 is 9.64 Å². The first-order valence-corrected chi connectivity index (χ1v) is 14.8. The molecule has 0 bridgehead atoms. The van der Waals surface area contributed by atoms with E-state index in [9.17, 15) is 45.1 Å². The molecule has 0 saturated carbocycles. The highest BCUT2D eigenvalue weighted by Gasteiger charge is 2.46. The Morgan fingerprint density at radius 2 is 1.76 bits per heavy atom. The van der Waals surface area contributed by atoms with E-state index in [1.54, 1.807) is 26.8 Å². The number of benzene rings is 2. The Kier molecular flexibility index (Phi) is 8.64. The molecule has 3 heterocycles. The molecule has 2 aromatic carbocycles. The lowest BCUT2D eigenvalue weighted by Crippen LogP contribution is -2.57. The van der Waals surface area contributed by atoms with Crippen LogP contribution in [0.3, 0.4) is 0 Å². The van der Waals surface area contributed by atoms with Crippen LogP contribution in [0.15, 0.2) is 47.5 Å². The summed E-state index contributed by atoms with van der Waals surface area (Å²) in [5, 5.41) is 3.83. The monoisotopic (exact) mass is 672 g/mol. The van der Waals surface area contributed by atoms with E-state index < -0.39 is 70.6 Å². The number of alkyl halides is 7. The molecule has 2 aliphatic rings. The summed E-state index contributed by atoms with van der Waals surface area (Å²) < 4.78 is 102. The maximum absolute atomic E-state index is 15.0. The number of nitrogens with zero attached hydrogens (tertiary/aromatic N) is 4. The minimum Gasteiger partial charge on any atom is -0.444 e. The minimum atomic E-state index is -5.04. The van der Waals surface area contributed by atoms with Crippen molar-refractivity contribution in [2.24, 2.45) is 0 Å². The van der Waals surface area contributed by atoms with Gasteiger partial charge in [-0.05, 0) is 80.4 Å². The van der Waals surface area contributed by atoms with Gasteiger partial charge in [0.2, 0.25) is 0 Å². The van der Waals surface area contributed by atoms with E-state index in [4.69, 9.17) is 4.74 Å². The van der Waals surface area contributed by atoms with E-state index >= 15 is 0 Å². The maximum Gasteiger partial charge on any atom is 0.416 e. The predicted octanol–water partition coefficient (Wildman–Crippen LogP) is 7.51. The molecule has 2 saturated heterocycles. The Hall–Kier alpha value is -4.08. The van der Waals surface area contributed by atoms with Crippen LogP contribution in [-0.4, -0.2) is 67.7 Å². The van der Waals surface area contributed by atoms with Crippen LogP contribution >= 0.6 is 11.8 Å². The highest BCUT2D eigenvalue weighted by atomic mass is 32.2. The lowest BCUT2D eigenvalue weighted by molar-refractivity contribution is -0.143. The number of imide groups is 1. The first kappa shape index (κ1) is 33.3. The first-order valence-electron chi connectivity index (χ1n) is 13.9. The Morgan fingerprint density at radius 1 is 1.04 bits per heavy atom. The van der Waals surface area contributed by atoms with Crippen molar-refractivity contribution in [3.8, 4) is 0 Å². The number of fused-ring (bicyclic) bond motifs is 1. The highest BCUT2D eigenvalue weighted by Crippen LogP contribution is 2.39. The lowest BCUT2D eigenvalue weighted by Gasteiger charge is -2.38. The SMILES string of the molecule is CC(C)(C)OC(=O)N1CC[C@H](F)[C@H](N2C(=O)SC(=Cc3ccc4c(cnn4Cc4ccc(C(F)(F)F)cc4C(F)(F)F)c3)C2=O)C1. The standard InChI is InChI=1S/C30H27F7N4O4S/c1-28(2,3)45-26(43)39-9-8-21(31)23(15-39)41-25(42)24(46-27(41)44)11-16-4-7-22-18(10-16)13-38-40(22)14-17-5-6-19(29(32,33)34)12-20(17)30(35,36)37/h4-7,10-13,21,23H,8-9,14-15H2,1-3H3/t21-,23+/m0/s1. The molecule has 1 aromatic heterocycles. The van der Waals surface area contributed by atoms with Crippen LogP contribution < -0.4 is 0 Å². The third-order valence-corrected chi connectivity index (χ3v) is 8.22. The second kappa shape index (κ2) is 11.9. The zero-order valence-corrected chi connectivity index (χ0v) is 25.4.